The lowest BCUT2D eigenvalue weighted by Crippen LogP contribution is -2.03. The zero-order valence-electron chi connectivity index (χ0n) is 11.4. The Morgan fingerprint density at radius 3 is 2.24 bits per heavy atom. The minimum absolute atomic E-state index is 0.260. The van der Waals surface area contributed by atoms with E-state index in [4.69, 9.17) is 0 Å². The predicted molar refractivity (Wildman–Crippen MR) is 81.5 cm³/mol. The van der Waals surface area contributed by atoms with Gasteiger partial charge in [0.1, 0.15) is 4.90 Å². The molecule has 0 aromatic heterocycles. The zero-order valence-corrected chi connectivity index (χ0v) is 13.1. The first-order valence-corrected chi connectivity index (χ1v) is 8.72. The molecule has 0 heterocycles. The van der Waals surface area contributed by atoms with E-state index in [1.165, 1.54) is 23.9 Å². The number of nitrogens with zero attached hydrogens (tertiary/aromatic N) is 1. The van der Waals surface area contributed by atoms with Crippen LogP contribution >= 0.6 is 11.8 Å². The minimum Gasteiger partial charge on any atom is -0.258 e. The van der Waals surface area contributed by atoms with Crippen LogP contribution in [0.5, 0.6) is 0 Å². The Morgan fingerprint density at radius 2 is 1.71 bits per heavy atom. The van der Waals surface area contributed by atoms with Gasteiger partial charge in [0.25, 0.3) is 0 Å². The first kappa shape index (κ1) is 15.5. The highest BCUT2D eigenvalue weighted by Gasteiger charge is 2.26. The molecule has 0 saturated heterocycles. The summed E-state index contributed by atoms with van der Waals surface area (Å²) in [4.78, 5) is 11.5. The Hall–Kier alpha value is -1.86. The van der Waals surface area contributed by atoms with E-state index in [-0.39, 0.29) is 10.6 Å². The molecule has 0 atom stereocenters. The molecule has 2 aromatic carbocycles. The van der Waals surface area contributed by atoms with Crippen molar-refractivity contribution in [2.75, 3.05) is 6.26 Å². The molecule has 7 heteroatoms. The van der Waals surface area contributed by atoms with Crippen LogP contribution in [0.25, 0.3) is 0 Å². The molecule has 110 valence electrons. The lowest BCUT2D eigenvalue weighted by molar-refractivity contribution is -0.390. The van der Waals surface area contributed by atoms with E-state index in [2.05, 4.69) is 0 Å². The van der Waals surface area contributed by atoms with Crippen molar-refractivity contribution in [3.05, 3.63) is 58.1 Å². The van der Waals surface area contributed by atoms with Crippen molar-refractivity contribution in [3.63, 3.8) is 0 Å². The van der Waals surface area contributed by atoms with Crippen molar-refractivity contribution in [2.24, 2.45) is 0 Å². The number of benzene rings is 2. The number of aryl methyl sites for hydroxylation is 1. The molecular weight excluding hydrogens is 310 g/mol. The van der Waals surface area contributed by atoms with Gasteiger partial charge in [0.05, 0.1) is 9.82 Å². The smallest absolute Gasteiger partial charge is 0.258 e. The van der Waals surface area contributed by atoms with E-state index in [0.29, 0.717) is 4.90 Å². The van der Waals surface area contributed by atoms with Gasteiger partial charge >= 0.3 is 5.69 Å². The largest absolute Gasteiger partial charge is 0.301 e. The maximum atomic E-state index is 11.7. The lowest BCUT2D eigenvalue weighted by atomic mass is 10.2. The van der Waals surface area contributed by atoms with Gasteiger partial charge in [0, 0.05) is 11.2 Å². The van der Waals surface area contributed by atoms with Crippen molar-refractivity contribution in [1.29, 1.82) is 0 Å². The van der Waals surface area contributed by atoms with Gasteiger partial charge in [-0.1, -0.05) is 35.5 Å². The summed E-state index contributed by atoms with van der Waals surface area (Å²) in [7, 11) is -3.65. The van der Waals surface area contributed by atoms with Crippen molar-refractivity contribution < 1.29 is 13.3 Å². The summed E-state index contributed by atoms with van der Waals surface area (Å²) in [6, 6.07) is 11.8. The van der Waals surface area contributed by atoms with E-state index in [1.54, 1.807) is 6.07 Å². The van der Waals surface area contributed by atoms with Crippen LogP contribution in [0.15, 0.2) is 57.2 Å². The third-order valence-corrected chi connectivity index (χ3v) is 4.98. The Labute approximate surface area is 127 Å². The molecule has 0 radical (unpaired) electrons. The number of rotatable bonds is 4. The molecule has 0 unspecified atom stereocenters. The Morgan fingerprint density at radius 1 is 1.10 bits per heavy atom. The first-order valence-electron chi connectivity index (χ1n) is 6.01. The molecule has 0 fully saturated rings. The quantitative estimate of drug-likeness (QED) is 0.636. The first-order chi connectivity index (χ1) is 9.79. The summed E-state index contributed by atoms with van der Waals surface area (Å²) in [5.74, 6) is 0. The molecule has 0 aliphatic rings. The normalized spacial score (nSPS) is 11.3. The molecule has 21 heavy (non-hydrogen) atoms. The molecule has 0 aliphatic carbocycles. The molecule has 0 amide bonds. The van der Waals surface area contributed by atoms with Crippen LogP contribution in [-0.2, 0) is 9.84 Å². The summed E-state index contributed by atoms with van der Waals surface area (Å²) in [6.07, 6.45) is 0.968. The summed E-state index contributed by atoms with van der Waals surface area (Å²) >= 11 is 1.18. The van der Waals surface area contributed by atoms with Gasteiger partial charge in [-0.3, -0.25) is 10.1 Å². The molecule has 0 spiro atoms. The number of hydrogen-bond donors (Lipinski definition) is 0. The highest BCUT2D eigenvalue weighted by Crippen LogP contribution is 2.38. The Bertz CT molecular complexity index is 783. The average molecular weight is 323 g/mol. The van der Waals surface area contributed by atoms with Crippen molar-refractivity contribution in [3.8, 4) is 0 Å². The van der Waals surface area contributed by atoms with E-state index < -0.39 is 14.8 Å². The summed E-state index contributed by atoms with van der Waals surface area (Å²) in [5.41, 5.74) is 0.712. The second-order valence-corrected chi connectivity index (χ2v) is 7.65. The highest BCUT2D eigenvalue weighted by atomic mass is 32.2. The van der Waals surface area contributed by atoms with E-state index in [0.717, 1.165) is 16.7 Å². The van der Waals surface area contributed by atoms with Gasteiger partial charge in [0.2, 0.25) is 0 Å². The van der Waals surface area contributed by atoms with E-state index in [1.807, 2.05) is 31.2 Å². The van der Waals surface area contributed by atoms with Crippen LogP contribution in [0.3, 0.4) is 0 Å². The van der Waals surface area contributed by atoms with Gasteiger partial charge in [-0.05, 0) is 31.2 Å². The molecule has 0 saturated carbocycles. The van der Waals surface area contributed by atoms with Gasteiger partial charge in [-0.2, -0.15) is 0 Å². The second-order valence-electron chi connectivity index (χ2n) is 4.55. The SMILES string of the molecule is Cc1ccc(Sc2cccc(S(C)(=O)=O)c2[N+](=O)[O-])cc1. The molecule has 0 aliphatic heterocycles. The number of sulfone groups is 1. The van der Waals surface area contributed by atoms with Crippen molar-refractivity contribution >= 4 is 27.3 Å². The third kappa shape index (κ3) is 3.62. The van der Waals surface area contributed by atoms with Crippen LogP contribution < -0.4 is 0 Å². The third-order valence-electron chi connectivity index (χ3n) is 2.79. The Kier molecular flexibility index (Phi) is 4.34. The van der Waals surface area contributed by atoms with Crippen LogP contribution in [0.2, 0.25) is 0 Å². The fourth-order valence-electron chi connectivity index (χ4n) is 1.80. The standard InChI is InChI=1S/C14H13NO4S2/c1-10-6-8-11(9-7-10)20-12-4-3-5-13(21(2,18)19)14(12)15(16)17/h3-9H,1-2H3. The van der Waals surface area contributed by atoms with Crippen molar-refractivity contribution in [1.82, 2.24) is 0 Å². The number of hydrogen-bond acceptors (Lipinski definition) is 5. The molecule has 2 rings (SSSR count). The molecular formula is C14H13NO4S2. The zero-order chi connectivity index (χ0) is 15.6. The van der Waals surface area contributed by atoms with E-state index in [9.17, 15) is 18.5 Å². The molecule has 0 bridgehead atoms. The number of nitro groups is 1. The minimum atomic E-state index is -3.65. The Balaban J connectivity index is 2.54. The maximum absolute atomic E-state index is 11.7. The van der Waals surface area contributed by atoms with Crippen LogP contribution in [0.1, 0.15) is 5.56 Å². The van der Waals surface area contributed by atoms with Crippen LogP contribution in [0, 0.1) is 17.0 Å². The fraction of sp³-hybridized carbons (Fsp3) is 0.143. The van der Waals surface area contributed by atoms with Crippen molar-refractivity contribution in [2.45, 2.75) is 21.6 Å². The summed E-state index contributed by atoms with van der Waals surface area (Å²) in [6.45, 7) is 1.95. The van der Waals surface area contributed by atoms with Crippen LogP contribution in [-0.4, -0.2) is 19.6 Å². The topological polar surface area (TPSA) is 77.3 Å². The number of para-hydroxylation sites is 1. The van der Waals surface area contributed by atoms with E-state index >= 15 is 0 Å². The van der Waals surface area contributed by atoms with Gasteiger partial charge < -0.3 is 0 Å². The van der Waals surface area contributed by atoms with Gasteiger partial charge in [-0.15, -0.1) is 0 Å². The predicted octanol–water partition coefficient (Wildman–Crippen LogP) is 3.46. The van der Waals surface area contributed by atoms with Crippen LogP contribution in [0.4, 0.5) is 5.69 Å². The second kappa shape index (κ2) is 5.87. The summed E-state index contributed by atoms with van der Waals surface area (Å²) < 4.78 is 23.4. The average Bonchev–Trinajstić information content (AvgIpc) is 2.40. The summed E-state index contributed by atoms with van der Waals surface area (Å²) in [5, 5.41) is 11.3. The molecule has 5 nitrogen and oxygen atoms in total. The lowest BCUT2D eigenvalue weighted by Gasteiger charge is -2.06. The molecule has 0 N–H and O–H groups in total. The molecule has 2 aromatic rings. The highest BCUT2D eigenvalue weighted by molar-refractivity contribution is 7.99. The van der Waals surface area contributed by atoms with Gasteiger partial charge in [-0.25, -0.2) is 8.42 Å². The monoisotopic (exact) mass is 323 g/mol. The fourth-order valence-corrected chi connectivity index (χ4v) is 3.68. The maximum Gasteiger partial charge on any atom is 0.301 e. The number of nitro benzene ring substituents is 1. The van der Waals surface area contributed by atoms with Gasteiger partial charge in [0.15, 0.2) is 9.84 Å².